The van der Waals surface area contributed by atoms with Crippen molar-refractivity contribution in [1.82, 2.24) is 4.98 Å². The van der Waals surface area contributed by atoms with Crippen LogP contribution in [0.1, 0.15) is 23.2 Å². The fourth-order valence-electron chi connectivity index (χ4n) is 1.09. The van der Waals surface area contributed by atoms with Crippen molar-refractivity contribution in [2.24, 2.45) is 0 Å². The molecular weight excluding hydrogens is 274 g/mol. The van der Waals surface area contributed by atoms with Crippen molar-refractivity contribution in [3.05, 3.63) is 33.0 Å². The first-order valence-electron chi connectivity index (χ1n) is 3.96. The smallest absolute Gasteiger partial charge is 0.358 e. The molecule has 0 bridgehead atoms. The Labute approximate surface area is 92.6 Å². The van der Waals surface area contributed by atoms with Crippen molar-refractivity contribution >= 4 is 21.7 Å². The Morgan fingerprint density at radius 2 is 2.27 bits per heavy atom. The Morgan fingerprint density at radius 1 is 1.67 bits per heavy atom. The lowest BCUT2D eigenvalue weighted by Crippen LogP contribution is -2.03. The Hall–Kier alpha value is -1.11. The average molecular weight is 281 g/mol. The number of pyridine rings is 1. The fourth-order valence-corrected chi connectivity index (χ4v) is 1.66. The Morgan fingerprint density at radius 3 is 2.67 bits per heavy atom. The molecule has 0 aliphatic rings. The topological polar surface area (TPSA) is 56.0 Å². The van der Waals surface area contributed by atoms with Gasteiger partial charge in [-0.2, -0.15) is 0 Å². The van der Waals surface area contributed by atoms with Gasteiger partial charge in [0.05, 0.1) is 0 Å². The predicted octanol–water partition coefficient (Wildman–Crippen LogP) is 3.13. The van der Waals surface area contributed by atoms with Crippen LogP contribution < -0.4 is 0 Å². The summed E-state index contributed by atoms with van der Waals surface area (Å²) in [6, 6.07) is 1.11. The van der Waals surface area contributed by atoms with Gasteiger partial charge in [0.25, 0.3) is 6.43 Å². The van der Waals surface area contributed by atoms with Crippen molar-refractivity contribution < 1.29 is 13.7 Å². The molecule has 0 spiro atoms. The second kappa shape index (κ2) is 4.61. The first-order chi connectivity index (χ1) is 6.97. The molecule has 0 atom stereocenters. The third kappa shape index (κ3) is 2.47. The number of nitrogens with zero attached hydrogens (tertiary/aromatic N) is 2. The monoisotopic (exact) mass is 280 g/mol. The molecule has 0 aliphatic heterocycles. The second-order valence-corrected chi connectivity index (χ2v) is 3.40. The summed E-state index contributed by atoms with van der Waals surface area (Å²) in [7, 11) is 0. The lowest BCUT2D eigenvalue weighted by Gasteiger charge is -2.04. The maximum atomic E-state index is 12.5. The average Bonchev–Trinajstić information content (AvgIpc) is 2.16. The van der Waals surface area contributed by atoms with Crippen LogP contribution in [0.25, 0.3) is 0 Å². The summed E-state index contributed by atoms with van der Waals surface area (Å²) in [6.45, 7) is 1.54. The van der Waals surface area contributed by atoms with Crippen LogP contribution in [0.15, 0.2) is 6.07 Å². The van der Waals surface area contributed by atoms with Crippen LogP contribution in [-0.2, 0) is 5.33 Å². The van der Waals surface area contributed by atoms with E-state index in [0.717, 1.165) is 6.07 Å². The third-order valence-electron chi connectivity index (χ3n) is 1.88. The Kier molecular flexibility index (Phi) is 3.67. The number of nitro groups is 1. The molecule has 0 saturated heterocycles. The van der Waals surface area contributed by atoms with Crippen molar-refractivity contribution in [2.75, 3.05) is 0 Å². The summed E-state index contributed by atoms with van der Waals surface area (Å²) >= 11 is 3.10. The number of hydrogen-bond acceptors (Lipinski definition) is 3. The molecule has 0 fully saturated rings. The largest absolute Gasteiger partial charge is 0.372 e. The van der Waals surface area contributed by atoms with Gasteiger partial charge in [0.1, 0.15) is 5.56 Å². The number of rotatable bonds is 3. The molecule has 0 radical (unpaired) electrons. The molecule has 4 nitrogen and oxygen atoms in total. The van der Waals surface area contributed by atoms with Gasteiger partial charge in [-0.3, -0.25) is 0 Å². The van der Waals surface area contributed by atoms with Crippen molar-refractivity contribution in [3.8, 4) is 0 Å². The highest BCUT2D eigenvalue weighted by Gasteiger charge is 2.25. The highest BCUT2D eigenvalue weighted by atomic mass is 79.9. The second-order valence-electron chi connectivity index (χ2n) is 2.84. The van der Waals surface area contributed by atoms with Gasteiger partial charge >= 0.3 is 5.82 Å². The molecule has 1 aromatic heterocycles. The van der Waals surface area contributed by atoms with Gasteiger partial charge in [0.2, 0.25) is 0 Å². The zero-order valence-electron chi connectivity index (χ0n) is 7.71. The fraction of sp³-hybridized carbons (Fsp3) is 0.375. The van der Waals surface area contributed by atoms with E-state index in [-0.39, 0.29) is 0 Å². The molecule has 15 heavy (non-hydrogen) atoms. The van der Waals surface area contributed by atoms with E-state index >= 15 is 0 Å². The summed E-state index contributed by atoms with van der Waals surface area (Å²) in [5.74, 6) is -0.771. The van der Waals surface area contributed by atoms with E-state index in [4.69, 9.17) is 0 Å². The molecule has 1 aromatic rings. The molecule has 0 amide bonds. The van der Waals surface area contributed by atoms with Crippen LogP contribution in [-0.4, -0.2) is 9.91 Å². The summed E-state index contributed by atoms with van der Waals surface area (Å²) in [5, 5.41) is 10.8. The molecular formula is C8H7BrF2N2O2. The minimum atomic E-state index is -2.89. The molecule has 0 unspecified atom stereocenters. The van der Waals surface area contributed by atoms with Crippen LogP contribution >= 0.6 is 15.9 Å². The van der Waals surface area contributed by atoms with Gasteiger partial charge in [0, 0.05) is 17.8 Å². The van der Waals surface area contributed by atoms with E-state index in [1.165, 1.54) is 0 Å². The number of aryl methyl sites for hydroxylation is 1. The van der Waals surface area contributed by atoms with Gasteiger partial charge < -0.3 is 10.1 Å². The first kappa shape index (κ1) is 12.0. The van der Waals surface area contributed by atoms with E-state index in [0.29, 0.717) is 16.6 Å². The third-order valence-corrected chi connectivity index (χ3v) is 2.48. The van der Waals surface area contributed by atoms with Crippen LogP contribution in [0.5, 0.6) is 0 Å². The molecule has 0 aliphatic carbocycles. The zero-order valence-corrected chi connectivity index (χ0v) is 9.29. The Balaban J connectivity index is 3.38. The minimum Gasteiger partial charge on any atom is -0.358 e. The van der Waals surface area contributed by atoms with Crippen LogP contribution in [0.4, 0.5) is 14.6 Å². The minimum absolute atomic E-state index is 0.337. The Bertz CT molecular complexity index is 398. The maximum absolute atomic E-state index is 12.5. The highest BCUT2D eigenvalue weighted by molar-refractivity contribution is 9.08. The summed E-state index contributed by atoms with van der Waals surface area (Å²) in [5.41, 5.74) is 0.263. The van der Waals surface area contributed by atoms with Gasteiger partial charge in [-0.1, -0.05) is 15.9 Å². The maximum Gasteiger partial charge on any atom is 0.372 e. The number of halogens is 3. The number of alkyl halides is 3. The van der Waals surface area contributed by atoms with Gasteiger partial charge in [-0.05, 0) is 16.0 Å². The molecule has 1 rings (SSSR count). The van der Waals surface area contributed by atoms with Crippen molar-refractivity contribution in [3.63, 3.8) is 0 Å². The quantitative estimate of drug-likeness (QED) is 0.486. The van der Waals surface area contributed by atoms with Crippen LogP contribution in [0.2, 0.25) is 0 Å². The molecule has 0 N–H and O–H groups in total. The summed E-state index contributed by atoms with van der Waals surface area (Å²) in [6.07, 6.45) is -2.89. The first-order valence-corrected chi connectivity index (χ1v) is 5.08. The number of aromatic nitrogens is 1. The predicted molar refractivity (Wildman–Crippen MR) is 53.2 cm³/mol. The molecule has 0 saturated carbocycles. The molecule has 1 heterocycles. The normalized spacial score (nSPS) is 10.7. The summed E-state index contributed by atoms with van der Waals surface area (Å²) < 4.78 is 25.0. The van der Waals surface area contributed by atoms with Crippen molar-refractivity contribution in [2.45, 2.75) is 18.7 Å². The lowest BCUT2D eigenvalue weighted by molar-refractivity contribution is -0.391. The van der Waals surface area contributed by atoms with E-state index in [9.17, 15) is 18.9 Å². The molecule has 0 aromatic carbocycles. The molecule has 7 heteroatoms. The van der Waals surface area contributed by atoms with E-state index in [2.05, 4.69) is 20.9 Å². The van der Waals surface area contributed by atoms with E-state index in [1.54, 1.807) is 6.92 Å². The van der Waals surface area contributed by atoms with Crippen LogP contribution in [0, 0.1) is 17.0 Å². The molecule has 82 valence electrons. The zero-order chi connectivity index (χ0) is 11.6. The number of hydrogen-bond donors (Lipinski definition) is 0. The van der Waals surface area contributed by atoms with E-state index < -0.39 is 22.7 Å². The summed E-state index contributed by atoms with van der Waals surface area (Å²) in [4.78, 5) is 13.1. The van der Waals surface area contributed by atoms with Gasteiger partial charge in [-0.25, -0.2) is 8.78 Å². The standard InChI is InChI=1S/C8H7BrF2N2O2/c1-4-5(3-9)2-6(7(10)11)8(12-4)13(14)15/h2,7H,3H2,1H3. The lowest BCUT2D eigenvalue weighted by atomic mass is 10.1. The highest BCUT2D eigenvalue weighted by Crippen LogP contribution is 2.29. The van der Waals surface area contributed by atoms with Crippen LogP contribution in [0.3, 0.4) is 0 Å². The van der Waals surface area contributed by atoms with E-state index in [1.807, 2.05) is 0 Å². The SMILES string of the molecule is Cc1nc([N+](=O)[O-])c(C(F)F)cc1CBr. The van der Waals surface area contributed by atoms with Gasteiger partial charge in [-0.15, -0.1) is 0 Å². The van der Waals surface area contributed by atoms with Crippen molar-refractivity contribution in [1.29, 1.82) is 0 Å². The van der Waals surface area contributed by atoms with Gasteiger partial charge in [0.15, 0.2) is 5.69 Å².